The van der Waals surface area contributed by atoms with Crippen molar-refractivity contribution in [3.63, 3.8) is 0 Å². The topological polar surface area (TPSA) is 54.0 Å². The van der Waals surface area contributed by atoms with Crippen LogP contribution in [0.5, 0.6) is 0 Å². The van der Waals surface area contributed by atoms with Crippen molar-refractivity contribution in [3.8, 4) is 0 Å². The third kappa shape index (κ3) is 2.96. The normalized spacial score (nSPS) is 22.7. The summed E-state index contributed by atoms with van der Waals surface area (Å²) in [4.78, 5) is 16.1. The molecule has 4 nitrogen and oxygen atoms in total. The van der Waals surface area contributed by atoms with E-state index in [4.69, 9.17) is 0 Å². The number of carbonyl (C=O) groups excluding carboxylic acids is 1. The lowest BCUT2D eigenvalue weighted by atomic mass is 10.2. The maximum atomic E-state index is 11.9. The molecule has 0 radical (unpaired) electrons. The van der Waals surface area contributed by atoms with Crippen molar-refractivity contribution in [2.45, 2.75) is 19.0 Å². The van der Waals surface area contributed by atoms with Crippen LogP contribution in [0.25, 0.3) is 0 Å². The van der Waals surface area contributed by atoms with E-state index in [9.17, 15) is 4.79 Å². The smallest absolute Gasteiger partial charge is 0.238 e. The van der Waals surface area contributed by atoms with Crippen molar-refractivity contribution in [1.29, 1.82) is 0 Å². The van der Waals surface area contributed by atoms with Gasteiger partial charge in [0.05, 0.1) is 12.1 Å². The largest absolute Gasteiger partial charge is 0.346 e. The summed E-state index contributed by atoms with van der Waals surface area (Å²) < 4.78 is 0. The minimum atomic E-state index is -0.0545. The Labute approximate surface area is 103 Å². The molecule has 2 rings (SSSR count). The molecule has 0 saturated carbocycles. The Hall–Kier alpha value is -0.590. The molecule has 0 aromatic carbocycles. The lowest BCUT2D eigenvalue weighted by Gasteiger charge is -2.23. The molecular weight excluding hydrogens is 242 g/mol. The fourth-order valence-electron chi connectivity index (χ4n) is 1.56. The minimum Gasteiger partial charge on any atom is -0.346 e. The Balaban J connectivity index is 1.86. The van der Waals surface area contributed by atoms with Gasteiger partial charge in [0.2, 0.25) is 5.91 Å². The molecule has 0 aliphatic carbocycles. The molecule has 16 heavy (non-hydrogen) atoms. The number of nitrogens with one attached hydrogen (secondary N) is 2. The van der Waals surface area contributed by atoms with Crippen molar-refractivity contribution in [3.05, 3.63) is 16.6 Å². The molecule has 1 aliphatic rings. The van der Waals surface area contributed by atoms with E-state index in [0.717, 1.165) is 23.1 Å². The zero-order chi connectivity index (χ0) is 11.4. The van der Waals surface area contributed by atoms with Crippen molar-refractivity contribution >= 4 is 29.0 Å². The van der Waals surface area contributed by atoms with Crippen molar-refractivity contribution in [1.82, 2.24) is 15.6 Å². The van der Waals surface area contributed by atoms with Gasteiger partial charge in [0, 0.05) is 29.6 Å². The maximum Gasteiger partial charge on any atom is 0.238 e. The number of rotatable bonds is 3. The first kappa shape index (κ1) is 11.9. The minimum absolute atomic E-state index is 0.00114. The van der Waals surface area contributed by atoms with Gasteiger partial charge in [0.25, 0.3) is 0 Å². The van der Waals surface area contributed by atoms with Crippen LogP contribution in [0.2, 0.25) is 0 Å². The average Bonchev–Trinajstić information content (AvgIpc) is 2.83. The molecule has 2 unspecified atom stereocenters. The van der Waals surface area contributed by atoms with Crippen molar-refractivity contribution in [2.75, 3.05) is 18.1 Å². The summed E-state index contributed by atoms with van der Waals surface area (Å²) in [5, 5.41) is 9.08. The van der Waals surface area contributed by atoms with E-state index in [1.807, 2.05) is 24.1 Å². The molecule has 1 fully saturated rings. The highest BCUT2D eigenvalue weighted by molar-refractivity contribution is 7.99. The molecule has 2 heterocycles. The highest BCUT2D eigenvalue weighted by atomic mass is 32.2. The molecule has 1 aromatic heterocycles. The molecule has 1 aliphatic heterocycles. The summed E-state index contributed by atoms with van der Waals surface area (Å²) in [5.74, 6) is 2.03. The Morgan fingerprint density at radius 2 is 2.62 bits per heavy atom. The number of hydrogen-bond acceptors (Lipinski definition) is 5. The van der Waals surface area contributed by atoms with Gasteiger partial charge in [-0.3, -0.25) is 4.79 Å². The fourth-order valence-corrected chi connectivity index (χ4v) is 3.14. The van der Waals surface area contributed by atoms with E-state index in [-0.39, 0.29) is 18.0 Å². The van der Waals surface area contributed by atoms with Gasteiger partial charge in [-0.1, -0.05) is 0 Å². The summed E-state index contributed by atoms with van der Waals surface area (Å²) in [6, 6.07) is -0.0533. The molecule has 0 spiro atoms. The van der Waals surface area contributed by atoms with E-state index in [1.54, 1.807) is 17.5 Å². The van der Waals surface area contributed by atoms with Gasteiger partial charge < -0.3 is 10.6 Å². The lowest BCUT2D eigenvalue weighted by molar-refractivity contribution is -0.123. The van der Waals surface area contributed by atoms with Crippen LogP contribution < -0.4 is 10.6 Å². The van der Waals surface area contributed by atoms with Crippen LogP contribution in [0.3, 0.4) is 0 Å². The summed E-state index contributed by atoms with van der Waals surface area (Å²) in [6.45, 7) is 2.88. The Kier molecular flexibility index (Phi) is 4.20. The predicted molar refractivity (Wildman–Crippen MR) is 67.8 cm³/mol. The second-order valence-corrected chi connectivity index (χ2v) is 5.76. The Bertz CT molecular complexity index is 336. The van der Waals surface area contributed by atoms with Crippen LogP contribution in [0.1, 0.15) is 18.0 Å². The lowest BCUT2D eigenvalue weighted by Crippen LogP contribution is -2.49. The van der Waals surface area contributed by atoms with Gasteiger partial charge in [-0.15, -0.1) is 11.3 Å². The SMILES string of the molecule is CC(NC(=O)C1CSCCN1)c1nccs1. The van der Waals surface area contributed by atoms with E-state index in [2.05, 4.69) is 15.6 Å². The molecular formula is C10H15N3OS2. The Morgan fingerprint density at radius 3 is 3.25 bits per heavy atom. The molecule has 2 atom stereocenters. The number of hydrogen-bond donors (Lipinski definition) is 2. The monoisotopic (exact) mass is 257 g/mol. The van der Waals surface area contributed by atoms with Crippen LogP contribution in [0, 0.1) is 0 Å². The van der Waals surface area contributed by atoms with E-state index >= 15 is 0 Å². The van der Waals surface area contributed by atoms with Crippen LogP contribution in [0.4, 0.5) is 0 Å². The van der Waals surface area contributed by atoms with Gasteiger partial charge in [0.15, 0.2) is 0 Å². The summed E-state index contributed by atoms with van der Waals surface area (Å²) in [5.41, 5.74) is 0. The zero-order valence-electron chi connectivity index (χ0n) is 9.10. The highest BCUT2D eigenvalue weighted by Crippen LogP contribution is 2.15. The van der Waals surface area contributed by atoms with Crippen molar-refractivity contribution in [2.24, 2.45) is 0 Å². The third-order valence-corrected chi connectivity index (χ3v) is 4.44. The molecule has 1 aromatic rings. The van der Waals surface area contributed by atoms with Gasteiger partial charge >= 0.3 is 0 Å². The van der Waals surface area contributed by atoms with Gasteiger partial charge in [-0.2, -0.15) is 11.8 Å². The first-order valence-corrected chi connectivity index (χ1v) is 7.31. The van der Waals surface area contributed by atoms with Crippen molar-refractivity contribution < 1.29 is 4.79 Å². The van der Waals surface area contributed by atoms with Gasteiger partial charge in [-0.25, -0.2) is 4.98 Å². The Morgan fingerprint density at radius 1 is 1.75 bits per heavy atom. The number of nitrogens with zero attached hydrogens (tertiary/aromatic N) is 1. The van der Waals surface area contributed by atoms with Crippen LogP contribution >= 0.6 is 23.1 Å². The fraction of sp³-hybridized carbons (Fsp3) is 0.600. The molecule has 6 heteroatoms. The van der Waals surface area contributed by atoms with Gasteiger partial charge in [-0.05, 0) is 6.92 Å². The van der Waals surface area contributed by atoms with Crippen LogP contribution in [-0.2, 0) is 4.79 Å². The average molecular weight is 257 g/mol. The summed E-state index contributed by atoms with van der Waals surface area (Å²) in [7, 11) is 0. The number of aromatic nitrogens is 1. The second-order valence-electron chi connectivity index (χ2n) is 3.68. The van der Waals surface area contributed by atoms with Gasteiger partial charge in [0.1, 0.15) is 5.01 Å². The first-order valence-electron chi connectivity index (χ1n) is 5.28. The molecule has 0 bridgehead atoms. The number of thioether (sulfide) groups is 1. The highest BCUT2D eigenvalue weighted by Gasteiger charge is 2.22. The predicted octanol–water partition coefficient (Wildman–Crippen LogP) is 1.03. The van der Waals surface area contributed by atoms with E-state index in [1.165, 1.54) is 0 Å². The zero-order valence-corrected chi connectivity index (χ0v) is 10.7. The second kappa shape index (κ2) is 5.65. The number of amides is 1. The molecule has 1 amide bonds. The number of carbonyl (C=O) groups is 1. The quantitative estimate of drug-likeness (QED) is 0.849. The van der Waals surface area contributed by atoms with E-state index in [0.29, 0.717) is 0 Å². The standard InChI is InChI=1S/C10H15N3OS2/c1-7(10-12-3-5-16-10)13-9(14)8-6-15-4-2-11-8/h3,5,7-8,11H,2,4,6H2,1H3,(H,13,14). The maximum absolute atomic E-state index is 11.9. The van der Waals surface area contributed by atoms with Crippen LogP contribution in [-0.4, -0.2) is 35.0 Å². The third-order valence-electron chi connectivity index (χ3n) is 2.42. The summed E-state index contributed by atoms with van der Waals surface area (Å²) in [6.07, 6.45) is 1.76. The van der Waals surface area contributed by atoms with E-state index < -0.39 is 0 Å². The molecule has 2 N–H and O–H groups in total. The van der Waals surface area contributed by atoms with Crippen LogP contribution in [0.15, 0.2) is 11.6 Å². The summed E-state index contributed by atoms with van der Waals surface area (Å²) >= 11 is 3.39. The first-order chi connectivity index (χ1) is 7.77. The number of thiazole rings is 1. The molecule has 88 valence electrons. The molecule has 1 saturated heterocycles.